The van der Waals surface area contributed by atoms with E-state index in [2.05, 4.69) is 34.9 Å². The molecule has 0 bridgehead atoms. The van der Waals surface area contributed by atoms with Crippen LogP contribution in [0.1, 0.15) is 38.2 Å². The standard InChI is InChI=1S/C35H45N8O3/c1-3-36-32-26-34(46)33(25-28(32)2)39-38-30-11-10-18-41(27-30)17-7-4-5-8-19-43-20-9-6-12-35(43)40-37-29-13-15-31(16-14-29)42(21-23-44)22-24-45/h6,9-16,18,20,25-27,44-45H,3-5,7-8,17,19,21-24H2,1-2H3,(H-,36,38,46)/q+1/p+1. The summed E-state index contributed by atoms with van der Waals surface area (Å²) < 4.78 is 4.25. The van der Waals surface area contributed by atoms with Crippen molar-refractivity contribution in [3.63, 3.8) is 0 Å². The number of azo groups is 2. The number of unbranched alkanes of at least 4 members (excludes halogenated alkanes) is 3. The van der Waals surface area contributed by atoms with E-state index >= 15 is 0 Å². The summed E-state index contributed by atoms with van der Waals surface area (Å²) in [6, 6.07) is 21.0. The number of aliphatic hydroxyl groups is 2. The lowest BCUT2D eigenvalue weighted by molar-refractivity contribution is -0.697. The van der Waals surface area contributed by atoms with Crippen LogP contribution < -0.4 is 19.4 Å². The number of aryl methyl sites for hydroxylation is 3. The number of nitrogens with zero attached hydrogens (tertiary/aromatic N) is 7. The van der Waals surface area contributed by atoms with Crippen molar-refractivity contribution in [2.75, 3.05) is 43.1 Å². The highest BCUT2D eigenvalue weighted by Gasteiger charge is 2.11. The highest BCUT2D eigenvalue weighted by molar-refractivity contribution is 5.64. The van der Waals surface area contributed by atoms with E-state index in [0.29, 0.717) is 18.8 Å². The first-order valence-corrected chi connectivity index (χ1v) is 16.0. The molecule has 0 unspecified atom stereocenters. The molecular formula is C35H46N8O3+2. The number of phenols is 1. The molecule has 0 aliphatic rings. The quantitative estimate of drug-likeness (QED) is 0.0562. The highest BCUT2D eigenvalue weighted by atomic mass is 16.3. The Balaban J connectivity index is 1.23. The summed E-state index contributed by atoms with van der Waals surface area (Å²) in [5.41, 5.74) is 4.75. The molecule has 4 aromatic rings. The number of hydrogen-bond acceptors (Lipinski definition) is 9. The van der Waals surface area contributed by atoms with Crippen molar-refractivity contribution < 1.29 is 24.5 Å². The second kappa shape index (κ2) is 18.3. The Morgan fingerprint density at radius 1 is 0.761 bits per heavy atom. The number of benzene rings is 2. The van der Waals surface area contributed by atoms with Crippen LogP contribution in [0.2, 0.25) is 0 Å². The van der Waals surface area contributed by atoms with Gasteiger partial charge in [-0.3, -0.25) is 0 Å². The molecule has 0 saturated carbocycles. The summed E-state index contributed by atoms with van der Waals surface area (Å²) in [4.78, 5) is 1.93. The first-order chi connectivity index (χ1) is 22.5. The molecule has 11 nitrogen and oxygen atoms in total. The maximum atomic E-state index is 10.4. The van der Waals surface area contributed by atoms with Crippen LogP contribution >= 0.6 is 0 Å². The van der Waals surface area contributed by atoms with E-state index in [1.54, 1.807) is 6.07 Å². The van der Waals surface area contributed by atoms with Gasteiger partial charge in [-0.15, -0.1) is 10.2 Å². The summed E-state index contributed by atoms with van der Waals surface area (Å²) in [5, 5.41) is 49.7. The molecule has 11 heteroatoms. The van der Waals surface area contributed by atoms with Crippen molar-refractivity contribution >= 4 is 34.3 Å². The van der Waals surface area contributed by atoms with Gasteiger partial charge in [0.25, 0.3) is 0 Å². The molecule has 0 spiro atoms. The van der Waals surface area contributed by atoms with Gasteiger partial charge in [0.05, 0.1) is 31.1 Å². The molecule has 0 aliphatic heterocycles. The maximum Gasteiger partial charge on any atom is 0.350 e. The Bertz CT molecular complexity index is 1570. The number of aromatic nitrogens is 2. The zero-order valence-corrected chi connectivity index (χ0v) is 26.8. The number of phenolic OH excluding ortho intramolecular Hbond substituents is 1. The van der Waals surface area contributed by atoms with Gasteiger partial charge >= 0.3 is 5.82 Å². The number of rotatable bonds is 18. The van der Waals surface area contributed by atoms with Crippen LogP contribution in [-0.4, -0.2) is 48.2 Å². The minimum absolute atomic E-state index is 0.0248. The third-order valence-electron chi connectivity index (χ3n) is 7.51. The SMILES string of the molecule is CCNc1cc(O)c(/N=N/c2ccc[n+](CCCCCC[n+]3ccccc3/N=N/c3ccc(N(CCO)CCO)cc3)c2)cc1C. The molecule has 2 heterocycles. The second-order valence-electron chi connectivity index (χ2n) is 11.0. The van der Waals surface area contributed by atoms with Gasteiger partial charge in [-0.05, 0) is 86.3 Å². The molecule has 0 saturated heterocycles. The fraction of sp³-hybridized carbons (Fsp3) is 0.371. The van der Waals surface area contributed by atoms with Gasteiger partial charge < -0.3 is 25.5 Å². The Kier molecular flexibility index (Phi) is 13.6. The van der Waals surface area contributed by atoms with E-state index < -0.39 is 0 Å². The molecule has 0 amide bonds. The van der Waals surface area contributed by atoms with Crippen LogP contribution in [0.4, 0.5) is 34.3 Å². The monoisotopic (exact) mass is 626 g/mol. The molecule has 4 rings (SSSR count). The van der Waals surface area contributed by atoms with Gasteiger partial charge in [-0.25, -0.2) is 9.13 Å². The van der Waals surface area contributed by atoms with Crippen molar-refractivity contribution in [2.24, 2.45) is 20.5 Å². The Morgan fingerprint density at radius 3 is 2.24 bits per heavy atom. The molecule has 0 aliphatic carbocycles. The zero-order valence-electron chi connectivity index (χ0n) is 26.8. The van der Waals surface area contributed by atoms with Gasteiger partial charge in [0, 0.05) is 55.6 Å². The Morgan fingerprint density at radius 2 is 1.50 bits per heavy atom. The van der Waals surface area contributed by atoms with Gasteiger partial charge in [-0.1, -0.05) is 6.07 Å². The lowest BCUT2D eigenvalue weighted by atomic mass is 10.1. The van der Waals surface area contributed by atoms with E-state index in [1.165, 1.54) is 0 Å². The van der Waals surface area contributed by atoms with Crippen molar-refractivity contribution in [1.82, 2.24) is 0 Å². The van der Waals surface area contributed by atoms with Crippen molar-refractivity contribution in [1.29, 1.82) is 0 Å². The highest BCUT2D eigenvalue weighted by Crippen LogP contribution is 2.33. The molecule has 0 fully saturated rings. The predicted molar refractivity (Wildman–Crippen MR) is 180 cm³/mol. The molecule has 2 aromatic heterocycles. The van der Waals surface area contributed by atoms with E-state index in [0.717, 1.165) is 79.4 Å². The fourth-order valence-corrected chi connectivity index (χ4v) is 5.09. The molecule has 46 heavy (non-hydrogen) atoms. The summed E-state index contributed by atoms with van der Waals surface area (Å²) in [5.74, 6) is 0.901. The zero-order chi connectivity index (χ0) is 32.6. The van der Waals surface area contributed by atoms with Gasteiger partial charge in [0.15, 0.2) is 12.4 Å². The second-order valence-corrected chi connectivity index (χ2v) is 11.0. The molecule has 0 radical (unpaired) electrons. The number of anilines is 2. The number of pyridine rings is 2. The largest absolute Gasteiger partial charge is 0.506 e. The van der Waals surface area contributed by atoms with Crippen molar-refractivity contribution in [3.05, 3.63) is 90.9 Å². The normalized spacial score (nSPS) is 11.5. The topological polar surface area (TPSA) is 133 Å². The van der Waals surface area contributed by atoms with Crippen LogP contribution in [0, 0.1) is 6.92 Å². The van der Waals surface area contributed by atoms with Gasteiger partial charge in [0.2, 0.25) is 0 Å². The smallest absolute Gasteiger partial charge is 0.350 e. The van der Waals surface area contributed by atoms with E-state index in [9.17, 15) is 15.3 Å². The predicted octanol–water partition coefficient (Wildman–Crippen LogP) is 6.59. The van der Waals surface area contributed by atoms with E-state index in [1.807, 2.05) is 98.0 Å². The van der Waals surface area contributed by atoms with Crippen LogP contribution in [0.25, 0.3) is 0 Å². The van der Waals surface area contributed by atoms with Crippen molar-refractivity contribution in [2.45, 2.75) is 52.6 Å². The molecule has 4 N–H and O–H groups in total. The average Bonchev–Trinajstić information content (AvgIpc) is 3.07. The van der Waals surface area contributed by atoms with E-state index in [-0.39, 0.29) is 19.0 Å². The number of aliphatic hydroxyl groups excluding tert-OH is 2. The lowest BCUT2D eigenvalue weighted by Gasteiger charge is -2.22. The van der Waals surface area contributed by atoms with Crippen molar-refractivity contribution in [3.8, 4) is 5.75 Å². The molecule has 2 aromatic carbocycles. The first kappa shape index (κ1) is 34.1. The van der Waals surface area contributed by atoms with Crippen LogP contribution in [0.15, 0.2) is 106 Å². The molecular weight excluding hydrogens is 580 g/mol. The summed E-state index contributed by atoms with van der Waals surface area (Å²) >= 11 is 0. The van der Waals surface area contributed by atoms with Gasteiger partial charge in [0.1, 0.15) is 29.4 Å². The third-order valence-corrected chi connectivity index (χ3v) is 7.51. The first-order valence-electron chi connectivity index (χ1n) is 16.0. The van der Waals surface area contributed by atoms with Crippen LogP contribution in [-0.2, 0) is 13.1 Å². The van der Waals surface area contributed by atoms with Gasteiger partial charge in [-0.2, -0.15) is 0 Å². The summed E-state index contributed by atoms with van der Waals surface area (Å²) in [6.45, 7) is 7.50. The fourth-order valence-electron chi connectivity index (χ4n) is 5.09. The Hall–Kier alpha value is -4.74. The van der Waals surface area contributed by atoms with Crippen LogP contribution in [0.3, 0.4) is 0 Å². The molecule has 242 valence electrons. The van der Waals surface area contributed by atoms with Crippen LogP contribution in [0.5, 0.6) is 5.75 Å². The third kappa shape index (κ3) is 10.4. The average molecular weight is 627 g/mol. The number of hydrogen-bond donors (Lipinski definition) is 4. The minimum Gasteiger partial charge on any atom is -0.506 e. The minimum atomic E-state index is 0.0248. The number of aromatic hydroxyl groups is 1. The molecule has 0 atom stereocenters. The number of nitrogens with one attached hydrogen (secondary N) is 1. The lowest BCUT2D eigenvalue weighted by Crippen LogP contribution is -2.33. The maximum absolute atomic E-state index is 10.4. The summed E-state index contributed by atoms with van der Waals surface area (Å²) in [7, 11) is 0. The Labute approximate surface area is 271 Å². The van der Waals surface area contributed by atoms with E-state index in [4.69, 9.17) is 0 Å². The summed E-state index contributed by atoms with van der Waals surface area (Å²) in [6.07, 6.45) is 10.3.